The van der Waals surface area contributed by atoms with Crippen LogP contribution < -0.4 is 10.6 Å². The van der Waals surface area contributed by atoms with Gasteiger partial charge in [-0.2, -0.15) is 0 Å². The van der Waals surface area contributed by atoms with Gasteiger partial charge < -0.3 is 20.8 Å². The normalized spacial score (nSPS) is 24.2. The van der Waals surface area contributed by atoms with Crippen LogP contribution in [0.2, 0.25) is 5.02 Å². The summed E-state index contributed by atoms with van der Waals surface area (Å²) in [4.78, 5) is 11.8. The fraction of sp³-hybridized carbons (Fsp3) is 0.462. The standard InChI is InChI=1S/C13H17ClN2O3/c14-9-3-1-8(2-4-9)12(18)7-16-13(19)11-5-10(17)6-15-11/h1-4,10-12,15,17-18H,5-7H2,(H,16,19)/t10-,11+,12+/m1/s1. The Morgan fingerprint density at radius 3 is 2.74 bits per heavy atom. The third-order valence-electron chi connectivity index (χ3n) is 3.15. The lowest BCUT2D eigenvalue weighted by Gasteiger charge is -2.15. The van der Waals surface area contributed by atoms with Crippen molar-refractivity contribution in [1.29, 1.82) is 0 Å². The SMILES string of the molecule is O=C(NC[C@H](O)c1ccc(Cl)cc1)[C@@H]1C[C@@H](O)CN1. The number of carbonyl (C=O) groups is 1. The Labute approximate surface area is 116 Å². The Morgan fingerprint density at radius 1 is 1.47 bits per heavy atom. The van der Waals surface area contributed by atoms with Gasteiger partial charge in [-0.1, -0.05) is 23.7 Å². The first kappa shape index (κ1) is 14.3. The van der Waals surface area contributed by atoms with E-state index in [1.807, 2.05) is 0 Å². The number of hydrogen-bond acceptors (Lipinski definition) is 4. The zero-order chi connectivity index (χ0) is 13.8. The quantitative estimate of drug-likeness (QED) is 0.637. The lowest BCUT2D eigenvalue weighted by atomic mass is 10.1. The molecule has 1 heterocycles. The molecule has 1 aromatic rings. The zero-order valence-electron chi connectivity index (χ0n) is 10.3. The van der Waals surface area contributed by atoms with Gasteiger partial charge >= 0.3 is 0 Å². The zero-order valence-corrected chi connectivity index (χ0v) is 11.1. The Morgan fingerprint density at radius 2 is 2.16 bits per heavy atom. The molecule has 0 radical (unpaired) electrons. The van der Waals surface area contributed by atoms with E-state index >= 15 is 0 Å². The summed E-state index contributed by atoms with van der Waals surface area (Å²) in [6, 6.07) is 6.44. The average molecular weight is 285 g/mol. The highest BCUT2D eigenvalue weighted by atomic mass is 35.5. The van der Waals surface area contributed by atoms with Gasteiger partial charge in [0.15, 0.2) is 0 Å². The van der Waals surface area contributed by atoms with Crippen molar-refractivity contribution in [3.63, 3.8) is 0 Å². The van der Waals surface area contributed by atoms with Crippen LogP contribution >= 0.6 is 11.6 Å². The molecular formula is C13H17ClN2O3. The number of halogens is 1. The van der Waals surface area contributed by atoms with Gasteiger partial charge in [-0.25, -0.2) is 0 Å². The number of nitrogens with one attached hydrogen (secondary N) is 2. The molecule has 6 heteroatoms. The van der Waals surface area contributed by atoms with Crippen molar-refractivity contribution >= 4 is 17.5 Å². The molecule has 4 N–H and O–H groups in total. The van der Waals surface area contributed by atoms with Gasteiger partial charge in [0, 0.05) is 18.1 Å². The molecule has 0 bridgehead atoms. The minimum absolute atomic E-state index is 0.134. The minimum atomic E-state index is -0.771. The Kier molecular flexibility index (Phi) is 4.76. The summed E-state index contributed by atoms with van der Waals surface area (Å²) in [5.41, 5.74) is 0.698. The second kappa shape index (κ2) is 6.34. The van der Waals surface area contributed by atoms with E-state index in [0.717, 1.165) is 0 Å². The van der Waals surface area contributed by atoms with Gasteiger partial charge in [-0.15, -0.1) is 0 Å². The van der Waals surface area contributed by atoms with E-state index in [9.17, 15) is 15.0 Å². The maximum absolute atomic E-state index is 11.8. The second-order valence-electron chi connectivity index (χ2n) is 4.66. The van der Waals surface area contributed by atoms with Crippen LogP contribution in [0.15, 0.2) is 24.3 Å². The molecule has 1 aliphatic rings. The van der Waals surface area contributed by atoms with Crippen LogP contribution in [-0.4, -0.2) is 41.4 Å². The molecule has 1 aromatic carbocycles. The van der Waals surface area contributed by atoms with Crippen molar-refractivity contribution in [2.24, 2.45) is 0 Å². The van der Waals surface area contributed by atoms with Crippen molar-refractivity contribution in [2.45, 2.75) is 24.7 Å². The van der Waals surface area contributed by atoms with Crippen molar-refractivity contribution < 1.29 is 15.0 Å². The number of amides is 1. The van der Waals surface area contributed by atoms with E-state index in [4.69, 9.17) is 11.6 Å². The van der Waals surface area contributed by atoms with Crippen LogP contribution in [0.4, 0.5) is 0 Å². The summed E-state index contributed by atoms with van der Waals surface area (Å²) < 4.78 is 0. The van der Waals surface area contributed by atoms with Crippen molar-refractivity contribution in [1.82, 2.24) is 10.6 Å². The summed E-state index contributed by atoms with van der Waals surface area (Å²) in [5, 5.41) is 25.4. The topological polar surface area (TPSA) is 81.6 Å². The lowest BCUT2D eigenvalue weighted by Crippen LogP contribution is -2.41. The summed E-state index contributed by atoms with van der Waals surface area (Å²) in [5.74, 6) is -0.204. The molecule has 0 aromatic heterocycles. The van der Waals surface area contributed by atoms with Gasteiger partial charge in [0.2, 0.25) is 5.91 Å². The maximum Gasteiger partial charge on any atom is 0.237 e. The third-order valence-corrected chi connectivity index (χ3v) is 3.40. The first-order chi connectivity index (χ1) is 9.06. The number of aliphatic hydroxyl groups is 2. The van der Waals surface area contributed by atoms with Crippen LogP contribution in [0.1, 0.15) is 18.1 Å². The monoisotopic (exact) mass is 284 g/mol. The number of hydrogen-bond donors (Lipinski definition) is 4. The van der Waals surface area contributed by atoms with Gasteiger partial charge in [0.1, 0.15) is 0 Å². The van der Waals surface area contributed by atoms with Crippen LogP contribution in [0, 0.1) is 0 Å². The molecule has 2 rings (SSSR count). The summed E-state index contributed by atoms with van der Waals surface area (Å²) in [6.45, 7) is 0.562. The van der Waals surface area contributed by atoms with E-state index in [1.165, 1.54) is 0 Å². The summed E-state index contributed by atoms with van der Waals surface area (Å²) in [6.07, 6.45) is -0.840. The minimum Gasteiger partial charge on any atom is -0.392 e. The molecular weight excluding hydrogens is 268 g/mol. The molecule has 3 atom stereocenters. The van der Waals surface area contributed by atoms with Crippen LogP contribution in [0.3, 0.4) is 0 Å². The molecule has 0 aliphatic carbocycles. The van der Waals surface area contributed by atoms with Crippen molar-refractivity contribution in [3.05, 3.63) is 34.9 Å². The average Bonchev–Trinajstić information content (AvgIpc) is 2.83. The van der Waals surface area contributed by atoms with E-state index in [1.54, 1.807) is 24.3 Å². The number of benzene rings is 1. The van der Waals surface area contributed by atoms with Gasteiger partial charge in [-0.05, 0) is 24.1 Å². The van der Waals surface area contributed by atoms with Gasteiger partial charge in [-0.3, -0.25) is 4.79 Å². The molecule has 104 valence electrons. The van der Waals surface area contributed by atoms with E-state index < -0.39 is 12.2 Å². The predicted octanol–water partition coefficient (Wildman–Crippen LogP) is 0.212. The Hall–Kier alpha value is -1.14. The first-order valence-corrected chi connectivity index (χ1v) is 6.56. The highest BCUT2D eigenvalue weighted by molar-refractivity contribution is 6.30. The van der Waals surface area contributed by atoms with Gasteiger partial charge in [0.25, 0.3) is 0 Å². The lowest BCUT2D eigenvalue weighted by molar-refractivity contribution is -0.123. The van der Waals surface area contributed by atoms with E-state index in [-0.39, 0.29) is 18.5 Å². The molecule has 1 aliphatic heterocycles. The number of β-amino-alcohol motifs (C(OH)–C–C–N with tert-alkyl or cyclic N) is 1. The fourth-order valence-corrected chi connectivity index (χ4v) is 2.17. The number of carbonyl (C=O) groups excluding carboxylic acids is 1. The third kappa shape index (κ3) is 3.91. The Bertz CT molecular complexity index is 438. The van der Waals surface area contributed by atoms with Crippen LogP contribution in [0.5, 0.6) is 0 Å². The molecule has 1 fully saturated rings. The Balaban J connectivity index is 1.81. The van der Waals surface area contributed by atoms with E-state index in [0.29, 0.717) is 23.6 Å². The molecule has 0 saturated carbocycles. The second-order valence-corrected chi connectivity index (χ2v) is 5.10. The molecule has 19 heavy (non-hydrogen) atoms. The largest absolute Gasteiger partial charge is 0.392 e. The predicted molar refractivity (Wildman–Crippen MR) is 71.8 cm³/mol. The maximum atomic E-state index is 11.8. The molecule has 0 unspecified atom stereocenters. The summed E-state index contributed by atoms with van der Waals surface area (Å²) >= 11 is 5.76. The number of rotatable bonds is 4. The molecule has 1 saturated heterocycles. The van der Waals surface area contributed by atoms with Crippen LogP contribution in [-0.2, 0) is 4.79 Å². The van der Waals surface area contributed by atoms with Crippen molar-refractivity contribution in [2.75, 3.05) is 13.1 Å². The van der Waals surface area contributed by atoms with E-state index in [2.05, 4.69) is 10.6 Å². The fourth-order valence-electron chi connectivity index (χ4n) is 2.04. The van der Waals surface area contributed by atoms with Gasteiger partial charge in [0.05, 0.1) is 18.2 Å². The molecule has 0 spiro atoms. The first-order valence-electron chi connectivity index (χ1n) is 6.19. The molecule has 1 amide bonds. The highest BCUT2D eigenvalue weighted by Gasteiger charge is 2.28. The smallest absolute Gasteiger partial charge is 0.237 e. The molecule has 5 nitrogen and oxygen atoms in total. The number of aliphatic hydroxyl groups excluding tert-OH is 2. The highest BCUT2D eigenvalue weighted by Crippen LogP contribution is 2.16. The van der Waals surface area contributed by atoms with Crippen LogP contribution in [0.25, 0.3) is 0 Å². The summed E-state index contributed by atoms with van der Waals surface area (Å²) in [7, 11) is 0. The van der Waals surface area contributed by atoms with Crippen molar-refractivity contribution in [3.8, 4) is 0 Å².